The molecule has 1 aliphatic carbocycles. The van der Waals surface area contributed by atoms with E-state index in [2.05, 4.69) is 6.58 Å². The van der Waals surface area contributed by atoms with Crippen LogP contribution in [0.1, 0.15) is 34.7 Å². The summed E-state index contributed by atoms with van der Waals surface area (Å²) in [6, 6.07) is 1.88. The van der Waals surface area contributed by atoms with Gasteiger partial charge in [-0.2, -0.15) is 0 Å². The third-order valence-corrected chi connectivity index (χ3v) is 4.50. The fraction of sp³-hybridized carbons (Fsp3) is 0.588. The Morgan fingerprint density at radius 2 is 2.32 bits per heavy atom. The first-order chi connectivity index (χ1) is 10.6. The molecule has 120 valence electrons. The summed E-state index contributed by atoms with van der Waals surface area (Å²) in [5.41, 5.74) is 0.644. The first-order valence-electron chi connectivity index (χ1n) is 7.84. The predicted molar refractivity (Wildman–Crippen MR) is 81.9 cm³/mol. The van der Waals surface area contributed by atoms with Crippen LogP contribution in [0.2, 0.25) is 0 Å². The van der Waals surface area contributed by atoms with Gasteiger partial charge in [-0.3, -0.25) is 4.79 Å². The molecule has 2 bridgehead atoms. The number of aryl methyl sites for hydroxylation is 2. The van der Waals surface area contributed by atoms with Crippen LogP contribution in [0.25, 0.3) is 0 Å². The minimum absolute atomic E-state index is 0.0118. The third-order valence-electron chi connectivity index (χ3n) is 4.50. The highest BCUT2D eigenvalue weighted by Crippen LogP contribution is 2.33. The minimum atomic E-state index is -0.0715. The van der Waals surface area contributed by atoms with Gasteiger partial charge in [0.15, 0.2) is 0 Å². The van der Waals surface area contributed by atoms with Crippen LogP contribution in [0.15, 0.2) is 23.1 Å². The van der Waals surface area contributed by atoms with Crippen molar-refractivity contribution < 1.29 is 18.7 Å². The number of ether oxygens (including phenoxy) is 2. The van der Waals surface area contributed by atoms with Gasteiger partial charge < -0.3 is 18.8 Å². The van der Waals surface area contributed by atoms with Crippen molar-refractivity contribution in [2.45, 2.75) is 44.9 Å². The molecule has 0 aromatic carbocycles. The Labute approximate surface area is 130 Å². The molecule has 3 atom stereocenters. The Kier molecular flexibility index (Phi) is 4.36. The van der Waals surface area contributed by atoms with E-state index in [4.69, 9.17) is 13.9 Å². The summed E-state index contributed by atoms with van der Waals surface area (Å²) >= 11 is 0. The van der Waals surface area contributed by atoms with Crippen LogP contribution in [0.5, 0.6) is 0 Å². The maximum Gasteiger partial charge on any atom is 0.257 e. The molecule has 0 N–H and O–H groups in total. The molecular formula is C17H23NO4. The smallest absolute Gasteiger partial charge is 0.257 e. The molecular weight excluding hydrogens is 282 g/mol. The quantitative estimate of drug-likeness (QED) is 0.802. The second-order valence-corrected chi connectivity index (χ2v) is 5.97. The number of amides is 1. The lowest BCUT2D eigenvalue weighted by atomic mass is 10.1. The van der Waals surface area contributed by atoms with E-state index >= 15 is 0 Å². The number of furan rings is 1. The Hall–Kier alpha value is -1.59. The van der Waals surface area contributed by atoms with Gasteiger partial charge in [0.05, 0.1) is 30.9 Å². The number of hydrogen-bond donors (Lipinski definition) is 0. The second-order valence-electron chi connectivity index (χ2n) is 5.97. The zero-order valence-corrected chi connectivity index (χ0v) is 13.2. The van der Waals surface area contributed by atoms with Crippen molar-refractivity contribution in [3.63, 3.8) is 0 Å². The van der Waals surface area contributed by atoms with E-state index in [1.165, 1.54) is 0 Å². The van der Waals surface area contributed by atoms with Crippen molar-refractivity contribution in [2.75, 3.05) is 19.8 Å². The summed E-state index contributed by atoms with van der Waals surface area (Å²) in [4.78, 5) is 14.8. The van der Waals surface area contributed by atoms with Crippen LogP contribution >= 0.6 is 0 Å². The van der Waals surface area contributed by atoms with Crippen LogP contribution in [-0.4, -0.2) is 48.8 Å². The third kappa shape index (κ3) is 2.71. The van der Waals surface area contributed by atoms with Gasteiger partial charge in [0.1, 0.15) is 17.6 Å². The Morgan fingerprint density at radius 1 is 1.50 bits per heavy atom. The lowest BCUT2D eigenvalue weighted by Crippen LogP contribution is -2.46. The first kappa shape index (κ1) is 15.3. The molecule has 5 nitrogen and oxygen atoms in total. The Balaban J connectivity index is 1.84. The van der Waals surface area contributed by atoms with E-state index in [1.807, 2.05) is 24.8 Å². The number of hydrogen-bond acceptors (Lipinski definition) is 4. The van der Waals surface area contributed by atoms with Gasteiger partial charge in [-0.15, -0.1) is 6.58 Å². The topological polar surface area (TPSA) is 51.9 Å². The zero-order valence-electron chi connectivity index (χ0n) is 13.2. The van der Waals surface area contributed by atoms with Gasteiger partial charge in [-0.05, 0) is 32.8 Å². The van der Waals surface area contributed by atoms with Crippen LogP contribution in [0.4, 0.5) is 0 Å². The Morgan fingerprint density at radius 3 is 3.00 bits per heavy atom. The van der Waals surface area contributed by atoms with E-state index in [1.54, 1.807) is 6.08 Å². The maximum atomic E-state index is 12.9. The normalized spacial score (nSPS) is 27.7. The van der Waals surface area contributed by atoms with E-state index in [0.29, 0.717) is 31.1 Å². The molecule has 5 heteroatoms. The highest BCUT2D eigenvalue weighted by molar-refractivity contribution is 5.95. The number of carbonyl (C=O) groups is 1. The minimum Gasteiger partial charge on any atom is -0.466 e. The molecule has 1 saturated carbocycles. The molecule has 1 aromatic heterocycles. The van der Waals surface area contributed by atoms with Gasteiger partial charge in [-0.1, -0.05) is 6.08 Å². The van der Waals surface area contributed by atoms with E-state index in [0.717, 1.165) is 18.6 Å². The molecule has 3 rings (SSSR count). The van der Waals surface area contributed by atoms with Crippen molar-refractivity contribution in [3.05, 3.63) is 35.8 Å². The fourth-order valence-corrected chi connectivity index (χ4v) is 3.54. The van der Waals surface area contributed by atoms with Gasteiger partial charge >= 0.3 is 0 Å². The molecule has 2 aliphatic rings. The SMILES string of the molecule is C=CCO[C@H]1[C@H]2CC[C@H]1OCCN2C(=O)c1cc(C)oc1C. The van der Waals surface area contributed by atoms with Gasteiger partial charge in [-0.25, -0.2) is 0 Å². The monoisotopic (exact) mass is 305 g/mol. The summed E-state index contributed by atoms with van der Waals surface area (Å²) in [7, 11) is 0. The summed E-state index contributed by atoms with van der Waals surface area (Å²) in [5.74, 6) is 1.44. The van der Waals surface area contributed by atoms with Crippen molar-refractivity contribution in [1.29, 1.82) is 0 Å². The first-order valence-corrected chi connectivity index (χ1v) is 7.84. The average Bonchev–Trinajstić information content (AvgIpc) is 2.95. The molecule has 1 saturated heterocycles. The van der Waals surface area contributed by atoms with Crippen molar-refractivity contribution in [3.8, 4) is 0 Å². The molecule has 2 heterocycles. The molecule has 22 heavy (non-hydrogen) atoms. The van der Waals surface area contributed by atoms with E-state index in [9.17, 15) is 4.79 Å². The highest BCUT2D eigenvalue weighted by Gasteiger charge is 2.45. The van der Waals surface area contributed by atoms with E-state index < -0.39 is 0 Å². The number of carbonyl (C=O) groups excluding carboxylic acids is 1. The van der Waals surface area contributed by atoms with Crippen LogP contribution in [0.3, 0.4) is 0 Å². The predicted octanol–water partition coefficient (Wildman–Crippen LogP) is 2.47. The molecule has 2 fully saturated rings. The van der Waals surface area contributed by atoms with E-state index in [-0.39, 0.29) is 24.2 Å². The second kappa shape index (κ2) is 6.26. The van der Waals surface area contributed by atoms with Crippen LogP contribution in [0, 0.1) is 13.8 Å². The fourth-order valence-electron chi connectivity index (χ4n) is 3.54. The molecule has 1 aromatic rings. The van der Waals surface area contributed by atoms with Crippen LogP contribution < -0.4 is 0 Å². The van der Waals surface area contributed by atoms with Gasteiger partial charge in [0.2, 0.25) is 0 Å². The Bertz CT molecular complexity index is 565. The largest absolute Gasteiger partial charge is 0.466 e. The summed E-state index contributed by atoms with van der Waals surface area (Å²) in [6.45, 7) is 9.01. The van der Waals surface area contributed by atoms with Crippen molar-refractivity contribution in [2.24, 2.45) is 0 Å². The molecule has 1 aliphatic heterocycles. The standard InChI is InChI=1S/C17H23NO4/c1-4-8-21-16-14-5-6-15(16)20-9-7-18(14)17(19)13-10-11(2)22-12(13)3/h4,10,14-16H,1,5-9H2,2-3H3/t14-,15-,16+/m1/s1. The lowest BCUT2D eigenvalue weighted by molar-refractivity contribution is -0.0434. The molecule has 0 spiro atoms. The molecule has 0 radical (unpaired) electrons. The van der Waals surface area contributed by atoms with Gasteiger partial charge in [0, 0.05) is 6.54 Å². The average molecular weight is 305 g/mol. The molecule has 0 unspecified atom stereocenters. The van der Waals surface area contributed by atoms with Crippen LogP contribution in [-0.2, 0) is 9.47 Å². The van der Waals surface area contributed by atoms with Gasteiger partial charge in [0.25, 0.3) is 5.91 Å². The van der Waals surface area contributed by atoms with Crippen molar-refractivity contribution in [1.82, 2.24) is 4.90 Å². The van der Waals surface area contributed by atoms with Crippen molar-refractivity contribution >= 4 is 5.91 Å². The number of rotatable bonds is 4. The maximum absolute atomic E-state index is 12.9. The lowest BCUT2D eigenvalue weighted by Gasteiger charge is -2.31. The zero-order chi connectivity index (χ0) is 15.7. The number of fused-ring (bicyclic) bond motifs is 2. The summed E-state index contributed by atoms with van der Waals surface area (Å²) in [5, 5.41) is 0. The summed E-state index contributed by atoms with van der Waals surface area (Å²) in [6.07, 6.45) is 3.58. The number of nitrogens with zero attached hydrogens (tertiary/aromatic N) is 1. The molecule has 1 amide bonds. The highest BCUT2D eigenvalue weighted by atomic mass is 16.5. The summed E-state index contributed by atoms with van der Waals surface area (Å²) < 4.78 is 17.3.